The fourth-order valence-corrected chi connectivity index (χ4v) is 6.25. The van der Waals surface area contributed by atoms with Gasteiger partial charge in [-0.15, -0.1) is 0 Å². The van der Waals surface area contributed by atoms with Crippen LogP contribution >= 0.6 is 15.9 Å². The molecule has 5 atom stereocenters. The number of nitrogens with zero attached hydrogens (tertiary/aromatic N) is 2. The average molecular weight is 541 g/mol. The number of ether oxygens (including phenoxy) is 3. The summed E-state index contributed by atoms with van der Waals surface area (Å²) in [5.74, 6) is 0.0849. The van der Waals surface area contributed by atoms with Crippen molar-refractivity contribution in [1.29, 1.82) is 0 Å². The monoisotopic (exact) mass is 540 g/mol. The third kappa shape index (κ3) is 3.38. The zero-order valence-electron chi connectivity index (χ0n) is 20.1. The van der Waals surface area contributed by atoms with E-state index in [-0.39, 0.29) is 11.8 Å². The summed E-state index contributed by atoms with van der Waals surface area (Å²) < 4.78 is 18.7. The van der Waals surface area contributed by atoms with E-state index in [4.69, 9.17) is 14.2 Å². The molecule has 2 N–H and O–H groups in total. The zero-order valence-corrected chi connectivity index (χ0v) is 21.7. The molecule has 0 amide bonds. The van der Waals surface area contributed by atoms with Crippen LogP contribution in [0.2, 0.25) is 0 Å². The SMILES string of the molecule is COc1cc2c(c(OC)n1)C1(O)C(O)C(CN(C)C)C(c3ccccc3)C1(c1ccc(Br)cc1)O2. The molecule has 3 aromatic rings. The fraction of sp³-hybridized carbons (Fsp3) is 0.370. The molecule has 0 radical (unpaired) electrons. The Bertz CT molecular complexity index is 1220. The van der Waals surface area contributed by atoms with Crippen LogP contribution in [0, 0.1) is 5.92 Å². The minimum absolute atomic E-state index is 0.164. The van der Waals surface area contributed by atoms with E-state index in [1.165, 1.54) is 14.2 Å². The number of hydrogen-bond donors (Lipinski definition) is 2. The normalized spacial score (nSPS) is 29.0. The zero-order chi connectivity index (χ0) is 25.0. The van der Waals surface area contributed by atoms with Crippen LogP contribution in [0.25, 0.3) is 0 Å². The highest BCUT2D eigenvalue weighted by molar-refractivity contribution is 9.10. The second-order valence-electron chi connectivity index (χ2n) is 9.42. The van der Waals surface area contributed by atoms with Crippen LogP contribution in [0.4, 0.5) is 0 Å². The van der Waals surface area contributed by atoms with E-state index in [2.05, 4.69) is 20.9 Å². The number of fused-ring (bicyclic) bond motifs is 3. The molecule has 0 bridgehead atoms. The first-order valence-electron chi connectivity index (χ1n) is 11.5. The molecule has 2 aromatic carbocycles. The van der Waals surface area contributed by atoms with Crippen molar-refractivity contribution < 1.29 is 24.4 Å². The molecule has 1 saturated carbocycles. The Kier molecular flexibility index (Phi) is 6.04. The van der Waals surface area contributed by atoms with Gasteiger partial charge in [-0.1, -0.05) is 58.4 Å². The number of halogens is 1. The van der Waals surface area contributed by atoms with Crippen LogP contribution in [0.15, 0.2) is 65.1 Å². The van der Waals surface area contributed by atoms with E-state index < -0.39 is 23.2 Å². The third-order valence-corrected chi connectivity index (χ3v) is 7.78. The Morgan fingerprint density at radius 2 is 1.74 bits per heavy atom. The van der Waals surface area contributed by atoms with Crippen molar-refractivity contribution >= 4 is 15.9 Å². The minimum atomic E-state index is -1.85. The van der Waals surface area contributed by atoms with Gasteiger partial charge in [-0.25, -0.2) is 0 Å². The molecule has 2 aliphatic rings. The third-order valence-electron chi connectivity index (χ3n) is 7.25. The number of hydrogen-bond acceptors (Lipinski definition) is 7. The number of aliphatic hydroxyl groups excluding tert-OH is 1. The van der Waals surface area contributed by atoms with Crippen LogP contribution in [0.3, 0.4) is 0 Å². The first-order chi connectivity index (χ1) is 16.8. The lowest BCUT2D eigenvalue weighted by Crippen LogP contribution is -2.52. The van der Waals surface area contributed by atoms with E-state index in [9.17, 15) is 10.2 Å². The van der Waals surface area contributed by atoms with Crippen LogP contribution in [-0.4, -0.2) is 61.1 Å². The molecule has 8 heteroatoms. The second kappa shape index (κ2) is 8.78. The first kappa shape index (κ1) is 24.1. The molecule has 0 spiro atoms. The molecule has 5 unspecified atom stereocenters. The molecule has 2 heterocycles. The minimum Gasteiger partial charge on any atom is -0.481 e. The lowest BCUT2D eigenvalue weighted by atomic mass is 9.71. The van der Waals surface area contributed by atoms with Gasteiger partial charge in [0.25, 0.3) is 0 Å². The molecule has 184 valence electrons. The van der Waals surface area contributed by atoms with E-state index in [1.807, 2.05) is 73.6 Å². The number of pyridine rings is 1. The van der Waals surface area contributed by atoms with Crippen molar-refractivity contribution in [3.63, 3.8) is 0 Å². The predicted octanol–water partition coefficient (Wildman–Crippen LogP) is 3.67. The molecule has 5 rings (SSSR count). The lowest BCUT2D eigenvalue weighted by Gasteiger charge is -2.41. The first-order valence-corrected chi connectivity index (χ1v) is 12.3. The molecule has 35 heavy (non-hydrogen) atoms. The number of rotatable bonds is 6. The van der Waals surface area contributed by atoms with Gasteiger partial charge in [0.05, 0.1) is 25.9 Å². The highest BCUT2D eigenvalue weighted by Crippen LogP contribution is 2.69. The molecule has 7 nitrogen and oxygen atoms in total. The molecule has 0 saturated heterocycles. The summed E-state index contributed by atoms with van der Waals surface area (Å²) in [7, 11) is 6.91. The summed E-state index contributed by atoms with van der Waals surface area (Å²) in [6, 6.07) is 19.3. The lowest BCUT2D eigenvalue weighted by molar-refractivity contribution is -0.152. The molecule has 1 aliphatic carbocycles. The number of aliphatic hydroxyl groups is 2. The van der Waals surface area contributed by atoms with Crippen LogP contribution in [0.5, 0.6) is 17.5 Å². The fourth-order valence-electron chi connectivity index (χ4n) is 5.99. The van der Waals surface area contributed by atoms with Crippen molar-refractivity contribution in [1.82, 2.24) is 9.88 Å². The van der Waals surface area contributed by atoms with E-state index in [0.29, 0.717) is 23.7 Å². The van der Waals surface area contributed by atoms with Crippen molar-refractivity contribution in [2.45, 2.75) is 23.2 Å². The summed E-state index contributed by atoms with van der Waals surface area (Å²) in [6.07, 6.45) is -1.18. The van der Waals surface area contributed by atoms with Gasteiger partial charge in [0, 0.05) is 28.9 Å². The van der Waals surface area contributed by atoms with Crippen molar-refractivity contribution in [3.8, 4) is 17.5 Å². The topological polar surface area (TPSA) is 84.3 Å². The van der Waals surface area contributed by atoms with Gasteiger partial charge >= 0.3 is 0 Å². The van der Waals surface area contributed by atoms with E-state index >= 15 is 0 Å². The highest BCUT2D eigenvalue weighted by Gasteiger charge is 2.77. The Labute approximate surface area is 213 Å². The largest absolute Gasteiger partial charge is 0.481 e. The summed E-state index contributed by atoms with van der Waals surface area (Å²) >= 11 is 3.52. The Balaban J connectivity index is 1.86. The Morgan fingerprint density at radius 3 is 2.34 bits per heavy atom. The molecule has 1 fully saturated rings. The Morgan fingerprint density at radius 1 is 1.06 bits per heavy atom. The van der Waals surface area contributed by atoms with E-state index in [1.54, 1.807) is 6.07 Å². The molecule has 1 aliphatic heterocycles. The second-order valence-corrected chi connectivity index (χ2v) is 10.3. The van der Waals surface area contributed by atoms with Gasteiger partial charge < -0.3 is 29.3 Å². The standard InChI is InChI=1S/C27H29BrN2O5/c1-30(2)15-19-22(16-8-6-5-7-9-16)27(17-10-12-18(28)13-11-17)26(32,24(19)31)23-20(35-27)14-21(33-3)29-25(23)34-4/h5-14,19,22,24,31-32H,15H2,1-4H3. The van der Waals surface area contributed by atoms with Gasteiger partial charge in [-0.3, -0.25) is 0 Å². The molecular formula is C27H29BrN2O5. The smallest absolute Gasteiger partial charge is 0.226 e. The van der Waals surface area contributed by atoms with Crippen molar-refractivity contribution in [2.24, 2.45) is 5.92 Å². The maximum Gasteiger partial charge on any atom is 0.226 e. The predicted molar refractivity (Wildman–Crippen MR) is 135 cm³/mol. The highest BCUT2D eigenvalue weighted by atomic mass is 79.9. The van der Waals surface area contributed by atoms with Crippen molar-refractivity contribution in [3.05, 3.63) is 81.8 Å². The maximum absolute atomic E-state index is 12.7. The quantitative estimate of drug-likeness (QED) is 0.493. The van der Waals surface area contributed by atoms with E-state index in [0.717, 1.165) is 15.6 Å². The number of methoxy groups -OCH3 is 2. The molecule has 1 aromatic heterocycles. The number of benzene rings is 2. The molecular weight excluding hydrogens is 512 g/mol. The number of aromatic nitrogens is 1. The Hall–Kier alpha value is -2.65. The summed E-state index contributed by atoms with van der Waals surface area (Å²) in [6.45, 7) is 0.534. The maximum atomic E-state index is 12.7. The van der Waals surface area contributed by atoms with Crippen LogP contribution < -0.4 is 14.2 Å². The van der Waals surface area contributed by atoms with Gasteiger partial charge in [0.15, 0.2) is 11.2 Å². The summed E-state index contributed by atoms with van der Waals surface area (Å²) in [4.78, 5) is 6.45. The van der Waals surface area contributed by atoms with Gasteiger partial charge in [-0.2, -0.15) is 4.98 Å². The average Bonchev–Trinajstić information content (AvgIpc) is 3.22. The van der Waals surface area contributed by atoms with Gasteiger partial charge in [0.2, 0.25) is 11.8 Å². The van der Waals surface area contributed by atoms with Crippen LogP contribution in [0.1, 0.15) is 22.6 Å². The summed E-state index contributed by atoms with van der Waals surface area (Å²) in [5, 5.41) is 24.7. The van der Waals surface area contributed by atoms with Crippen molar-refractivity contribution in [2.75, 3.05) is 34.9 Å². The van der Waals surface area contributed by atoms with Gasteiger partial charge in [-0.05, 0) is 37.4 Å². The van der Waals surface area contributed by atoms with Crippen LogP contribution in [-0.2, 0) is 11.2 Å². The summed E-state index contributed by atoms with van der Waals surface area (Å²) in [5.41, 5.74) is -1.15. The van der Waals surface area contributed by atoms with Gasteiger partial charge in [0.1, 0.15) is 5.75 Å².